The van der Waals surface area contributed by atoms with Crippen molar-refractivity contribution in [3.05, 3.63) is 29.8 Å². The predicted octanol–water partition coefficient (Wildman–Crippen LogP) is 1.07. The summed E-state index contributed by atoms with van der Waals surface area (Å²) in [5.74, 6) is 0. The van der Waals surface area contributed by atoms with Crippen molar-refractivity contribution in [2.75, 3.05) is 20.1 Å². The van der Waals surface area contributed by atoms with Crippen molar-refractivity contribution in [3.63, 3.8) is 0 Å². The van der Waals surface area contributed by atoms with Crippen LogP contribution in [0.2, 0.25) is 0 Å². The van der Waals surface area contributed by atoms with E-state index in [2.05, 4.69) is 11.9 Å². The largest absolute Gasteiger partial charge is 0.300 e. The maximum Gasteiger partial charge on any atom is 0.243 e. The molecule has 2 saturated heterocycles. The SMILES string of the molecule is Cc1ccc(S(=O)(=O)N2C[C@H]3C[C@@H]2CN3C)cc1. The van der Waals surface area contributed by atoms with E-state index in [1.54, 1.807) is 16.4 Å². The zero-order valence-corrected chi connectivity index (χ0v) is 11.5. The van der Waals surface area contributed by atoms with Gasteiger partial charge in [-0.05, 0) is 32.5 Å². The molecule has 98 valence electrons. The highest BCUT2D eigenvalue weighted by molar-refractivity contribution is 7.89. The minimum atomic E-state index is -3.30. The first-order chi connectivity index (χ1) is 8.48. The molecule has 2 heterocycles. The number of hydrogen-bond donors (Lipinski definition) is 0. The highest BCUT2D eigenvalue weighted by Gasteiger charge is 2.46. The lowest BCUT2D eigenvalue weighted by Crippen LogP contribution is -2.47. The first-order valence-corrected chi connectivity index (χ1v) is 7.71. The molecule has 5 heteroatoms. The number of likely N-dealkylation sites (tertiary alicyclic amines) is 1. The van der Waals surface area contributed by atoms with Crippen molar-refractivity contribution in [2.24, 2.45) is 0 Å². The van der Waals surface area contributed by atoms with Crippen molar-refractivity contribution < 1.29 is 8.42 Å². The zero-order valence-electron chi connectivity index (χ0n) is 10.7. The molecule has 2 aliphatic heterocycles. The topological polar surface area (TPSA) is 40.6 Å². The van der Waals surface area contributed by atoms with Gasteiger partial charge in [-0.2, -0.15) is 4.31 Å². The summed E-state index contributed by atoms with van der Waals surface area (Å²) < 4.78 is 26.8. The third-order valence-electron chi connectivity index (χ3n) is 4.09. The molecule has 1 aromatic carbocycles. The molecule has 2 fully saturated rings. The van der Waals surface area contributed by atoms with Gasteiger partial charge in [0.15, 0.2) is 0 Å². The molecule has 0 amide bonds. The highest BCUT2D eigenvalue weighted by atomic mass is 32.2. The van der Waals surface area contributed by atoms with E-state index in [-0.39, 0.29) is 6.04 Å². The monoisotopic (exact) mass is 266 g/mol. The molecule has 0 saturated carbocycles. The van der Waals surface area contributed by atoms with E-state index in [9.17, 15) is 8.42 Å². The van der Waals surface area contributed by atoms with E-state index in [0.717, 1.165) is 18.5 Å². The molecular weight excluding hydrogens is 248 g/mol. The van der Waals surface area contributed by atoms with Crippen molar-refractivity contribution in [1.82, 2.24) is 9.21 Å². The van der Waals surface area contributed by atoms with Crippen LogP contribution in [0.1, 0.15) is 12.0 Å². The van der Waals surface area contributed by atoms with E-state index in [4.69, 9.17) is 0 Å². The molecule has 0 aromatic heterocycles. The summed E-state index contributed by atoms with van der Waals surface area (Å²) in [7, 11) is -1.23. The molecule has 2 atom stereocenters. The smallest absolute Gasteiger partial charge is 0.243 e. The van der Waals surface area contributed by atoms with Crippen LogP contribution in [0.15, 0.2) is 29.2 Å². The van der Waals surface area contributed by atoms with E-state index in [1.807, 2.05) is 19.1 Å². The molecule has 3 rings (SSSR count). The van der Waals surface area contributed by atoms with Gasteiger partial charge in [0.1, 0.15) is 0 Å². The van der Waals surface area contributed by atoms with Gasteiger partial charge >= 0.3 is 0 Å². The van der Waals surface area contributed by atoms with Crippen LogP contribution in [0.25, 0.3) is 0 Å². The Kier molecular flexibility index (Phi) is 2.73. The molecule has 0 N–H and O–H groups in total. The minimum Gasteiger partial charge on any atom is -0.300 e. The Morgan fingerprint density at radius 1 is 1.11 bits per heavy atom. The van der Waals surface area contributed by atoms with Gasteiger partial charge in [-0.15, -0.1) is 0 Å². The Morgan fingerprint density at radius 3 is 2.28 bits per heavy atom. The quantitative estimate of drug-likeness (QED) is 0.804. The summed E-state index contributed by atoms with van der Waals surface area (Å²) in [6, 6.07) is 7.68. The third kappa shape index (κ3) is 1.77. The fourth-order valence-corrected chi connectivity index (χ4v) is 4.63. The van der Waals surface area contributed by atoms with E-state index < -0.39 is 10.0 Å². The van der Waals surface area contributed by atoms with Gasteiger partial charge in [0, 0.05) is 25.2 Å². The fraction of sp³-hybridized carbons (Fsp3) is 0.538. The molecule has 0 spiro atoms. The maximum atomic E-state index is 12.5. The van der Waals surface area contributed by atoms with E-state index in [0.29, 0.717) is 17.5 Å². The predicted molar refractivity (Wildman–Crippen MR) is 69.9 cm³/mol. The zero-order chi connectivity index (χ0) is 12.9. The first-order valence-electron chi connectivity index (χ1n) is 6.27. The Morgan fingerprint density at radius 2 is 1.78 bits per heavy atom. The number of nitrogens with zero attached hydrogens (tertiary/aromatic N) is 2. The van der Waals surface area contributed by atoms with Crippen LogP contribution < -0.4 is 0 Å². The molecule has 1 aromatic rings. The van der Waals surface area contributed by atoms with Crippen molar-refractivity contribution in [3.8, 4) is 0 Å². The van der Waals surface area contributed by atoms with Gasteiger partial charge in [0.2, 0.25) is 10.0 Å². The van der Waals surface area contributed by atoms with Gasteiger partial charge < -0.3 is 4.90 Å². The molecule has 0 unspecified atom stereocenters. The Bertz CT molecular complexity index is 551. The summed E-state index contributed by atoms with van der Waals surface area (Å²) in [5.41, 5.74) is 1.08. The van der Waals surface area contributed by atoms with Crippen LogP contribution in [0.5, 0.6) is 0 Å². The molecule has 18 heavy (non-hydrogen) atoms. The van der Waals surface area contributed by atoms with Crippen molar-refractivity contribution in [1.29, 1.82) is 0 Å². The second-order valence-corrected chi connectivity index (χ2v) is 7.26. The molecule has 0 radical (unpaired) electrons. The number of piperazine rings is 1. The normalized spacial score (nSPS) is 29.0. The molecular formula is C13H18N2O2S. The van der Waals surface area contributed by atoms with Crippen LogP contribution in [0.3, 0.4) is 0 Å². The van der Waals surface area contributed by atoms with Gasteiger partial charge in [0.25, 0.3) is 0 Å². The Balaban J connectivity index is 1.90. The Hall–Kier alpha value is -0.910. The summed E-state index contributed by atoms with van der Waals surface area (Å²) in [5, 5.41) is 0. The lowest BCUT2D eigenvalue weighted by atomic mass is 10.2. The van der Waals surface area contributed by atoms with E-state index >= 15 is 0 Å². The number of rotatable bonds is 2. The number of aryl methyl sites for hydroxylation is 1. The van der Waals surface area contributed by atoms with Crippen LogP contribution >= 0.6 is 0 Å². The molecule has 4 nitrogen and oxygen atoms in total. The molecule has 2 aliphatic rings. The number of benzene rings is 1. The van der Waals surface area contributed by atoms with Gasteiger partial charge in [0.05, 0.1) is 4.90 Å². The van der Waals surface area contributed by atoms with Gasteiger partial charge in [-0.1, -0.05) is 17.7 Å². The maximum absolute atomic E-state index is 12.5. The van der Waals surface area contributed by atoms with Gasteiger partial charge in [-0.25, -0.2) is 8.42 Å². The number of hydrogen-bond acceptors (Lipinski definition) is 3. The fourth-order valence-electron chi connectivity index (χ4n) is 2.97. The number of likely N-dealkylation sites (N-methyl/N-ethyl adjacent to an activating group) is 1. The average Bonchev–Trinajstić information content (AvgIpc) is 2.88. The second-order valence-electron chi connectivity index (χ2n) is 5.37. The second kappa shape index (κ2) is 4.05. The van der Waals surface area contributed by atoms with Crippen LogP contribution in [0.4, 0.5) is 0 Å². The van der Waals surface area contributed by atoms with Crippen LogP contribution in [-0.2, 0) is 10.0 Å². The summed E-state index contributed by atoms with van der Waals surface area (Å²) in [6.45, 7) is 3.45. The Labute approximate surface area is 108 Å². The number of fused-ring (bicyclic) bond motifs is 2. The number of sulfonamides is 1. The summed E-state index contributed by atoms with van der Waals surface area (Å²) in [6.07, 6.45) is 0.974. The lowest BCUT2D eigenvalue weighted by Gasteiger charge is -2.31. The first kappa shape index (κ1) is 12.1. The van der Waals surface area contributed by atoms with Crippen molar-refractivity contribution in [2.45, 2.75) is 30.3 Å². The van der Waals surface area contributed by atoms with Crippen molar-refractivity contribution >= 4 is 10.0 Å². The highest BCUT2D eigenvalue weighted by Crippen LogP contribution is 2.33. The van der Waals surface area contributed by atoms with Gasteiger partial charge in [-0.3, -0.25) is 0 Å². The minimum absolute atomic E-state index is 0.159. The lowest BCUT2D eigenvalue weighted by molar-refractivity contribution is 0.216. The summed E-state index contributed by atoms with van der Waals surface area (Å²) in [4.78, 5) is 2.68. The van der Waals surface area contributed by atoms with E-state index in [1.165, 1.54) is 0 Å². The van der Waals surface area contributed by atoms with Crippen LogP contribution in [0, 0.1) is 6.92 Å². The summed E-state index contributed by atoms with van der Waals surface area (Å²) >= 11 is 0. The average molecular weight is 266 g/mol. The molecule has 0 aliphatic carbocycles. The van der Waals surface area contributed by atoms with Crippen LogP contribution in [-0.4, -0.2) is 49.8 Å². The third-order valence-corrected chi connectivity index (χ3v) is 6.02. The standard InChI is InChI=1S/C13H18N2O2S/c1-10-3-5-13(6-4-10)18(16,17)15-9-11-7-12(15)8-14(11)2/h3-6,11-12H,7-9H2,1-2H3/t11-,12-/m1/s1. The molecule has 2 bridgehead atoms.